The minimum absolute atomic E-state index is 0.600. The smallest absolute Gasteiger partial charge is 0.0431 e. The van der Waals surface area contributed by atoms with Gasteiger partial charge in [-0.15, -0.1) is 0 Å². The van der Waals surface area contributed by atoms with Crippen LogP contribution in [0, 0.1) is 6.92 Å². The van der Waals surface area contributed by atoms with Crippen LogP contribution in [0.15, 0.2) is 18.2 Å². The molecule has 1 aromatic rings. The van der Waals surface area contributed by atoms with Crippen LogP contribution in [0.25, 0.3) is 0 Å². The molecular weight excluding hydrogens is 220 g/mol. The molecule has 1 heterocycles. The summed E-state index contributed by atoms with van der Waals surface area (Å²) in [5.41, 5.74) is 4.42. The van der Waals surface area contributed by atoms with Gasteiger partial charge in [0.25, 0.3) is 0 Å². The van der Waals surface area contributed by atoms with E-state index in [9.17, 15) is 0 Å². The molecule has 0 saturated carbocycles. The van der Waals surface area contributed by atoms with E-state index in [-0.39, 0.29) is 0 Å². The molecule has 0 atom stereocenters. The molecule has 0 amide bonds. The van der Waals surface area contributed by atoms with Crippen LogP contribution in [-0.2, 0) is 0 Å². The molecule has 2 heteroatoms. The topological polar surface area (TPSA) is 15.3 Å². The van der Waals surface area contributed by atoms with Crippen molar-refractivity contribution in [2.45, 2.75) is 39.5 Å². The van der Waals surface area contributed by atoms with Gasteiger partial charge in [0.1, 0.15) is 0 Å². The first-order valence-corrected chi connectivity index (χ1v) is 7.25. The van der Waals surface area contributed by atoms with Crippen LogP contribution in [0.4, 0.5) is 5.69 Å². The molecule has 2 rings (SSSR count). The Morgan fingerprint density at radius 1 is 1.11 bits per heavy atom. The van der Waals surface area contributed by atoms with Crippen molar-refractivity contribution in [2.24, 2.45) is 0 Å². The summed E-state index contributed by atoms with van der Waals surface area (Å²) < 4.78 is 0. The third kappa shape index (κ3) is 3.05. The molecule has 0 radical (unpaired) electrons. The first-order chi connectivity index (χ1) is 8.70. The highest BCUT2D eigenvalue weighted by atomic mass is 15.1. The minimum Gasteiger partial charge on any atom is -0.371 e. The van der Waals surface area contributed by atoms with Crippen LogP contribution in [0.1, 0.15) is 43.7 Å². The number of nitrogens with zero attached hydrogens (tertiary/aromatic N) is 1. The third-order valence-electron chi connectivity index (χ3n) is 3.77. The van der Waals surface area contributed by atoms with Crippen molar-refractivity contribution in [3.8, 4) is 0 Å². The van der Waals surface area contributed by atoms with Crippen molar-refractivity contribution in [2.75, 3.05) is 31.1 Å². The second kappa shape index (κ2) is 6.24. The van der Waals surface area contributed by atoms with Gasteiger partial charge in [-0.25, -0.2) is 0 Å². The number of hydrogen-bond donors (Lipinski definition) is 1. The van der Waals surface area contributed by atoms with Gasteiger partial charge in [-0.3, -0.25) is 0 Å². The Labute approximate surface area is 111 Å². The zero-order valence-electron chi connectivity index (χ0n) is 12.0. The molecule has 2 nitrogen and oxygen atoms in total. The predicted molar refractivity (Wildman–Crippen MR) is 79.6 cm³/mol. The third-order valence-corrected chi connectivity index (χ3v) is 3.77. The van der Waals surface area contributed by atoms with Gasteiger partial charge in [0.15, 0.2) is 0 Å². The van der Waals surface area contributed by atoms with Crippen molar-refractivity contribution in [3.63, 3.8) is 0 Å². The standard InChI is InChI=1S/C16H26N2/c1-13(2)15-8-4-7-14(3)16(15)18-11-5-9-17-10-6-12-18/h4,7-8,13,17H,5-6,9-12H2,1-3H3. The lowest BCUT2D eigenvalue weighted by atomic mass is 9.97. The number of benzene rings is 1. The molecule has 1 aromatic carbocycles. The minimum atomic E-state index is 0.600. The van der Waals surface area contributed by atoms with E-state index in [1.807, 2.05) is 0 Å². The van der Waals surface area contributed by atoms with E-state index in [1.54, 1.807) is 0 Å². The monoisotopic (exact) mass is 246 g/mol. The predicted octanol–water partition coefficient (Wildman–Crippen LogP) is 3.31. The molecule has 0 bridgehead atoms. The fourth-order valence-electron chi connectivity index (χ4n) is 2.83. The second-order valence-electron chi connectivity index (χ2n) is 5.61. The Balaban J connectivity index is 2.29. The van der Waals surface area contributed by atoms with Crippen LogP contribution in [0.5, 0.6) is 0 Å². The summed E-state index contributed by atoms with van der Waals surface area (Å²) in [6, 6.07) is 6.74. The number of nitrogens with one attached hydrogen (secondary N) is 1. The molecule has 0 unspecified atom stereocenters. The van der Waals surface area contributed by atoms with E-state index in [1.165, 1.54) is 42.7 Å². The SMILES string of the molecule is Cc1cccc(C(C)C)c1N1CCCNCCC1. The lowest BCUT2D eigenvalue weighted by Crippen LogP contribution is -2.35. The summed E-state index contributed by atoms with van der Waals surface area (Å²) in [6.07, 6.45) is 2.48. The lowest BCUT2D eigenvalue weighted by molar-refractivity contribution is 0.565. The highest BCUT2D eigenvalue weighted by molar-refractivity contribution is 5.60. The summed E-state index contributed by atoms with van der Waals surface area (Å²) in [4.78, 5) is 2.60. The zero-order valence-corrected chi connectivity index (χ0v) is 12.0. The molecule has 1 fully saturated rings. The summed E-state index contributed by atoms with van der Waals surface area (Å²) >= 11 is 0. The number of rotatable bonds is 2. The molecule has 0 spiro atoms. The molecule has 1 aliphatic heterocycles. The molecule has 100 valence electrons. The fourth-order valence-corrected chi connectivity index (χ4v) is 2.83. The maximum atomic E-state index is 3.48. The molecule has 18 heavy (non-hydrogen) atoms. The molecular formula is C16H26N2. The largest absolute Gasteiger partial charge is 0.371 e. The molecule has 0 aliphatic carbocycles. The van der Waals surface area contributed by atoms with Crippen LogP contribution >= 0.6 is 0 Å². The zero-order chi connectivity index (χ0) is 13.0. The first-order valence-electron chi connectivity index (χ1n) is 7.25. The Bertz CT molecular complexity index is 377. The average Bonchev–Trinajstić information content (AvgIpc) is 2.29. The second-order valence-corrected chi connectivity index (χ2v) is 5.61. The first kappa shape index (κ1) is 13.4. The van der Waals surface area contributed by atoms with Gasteiger partial charge in [0.05, 0.1) is 0 Å². The van der Waals surface area contributed by atoms with Gasteiger partial charge >= 0.3 is 0 Å². The number of anilines is 1. The summed E-state index contributed by atoms with van der Waals surface area (Å²) in [5, 5.41) is 3.48. The Morgan fingerprint density at radius 3 is 2.39 bits per heavy atom. The van der Waals surface area contributed by atoms with Gasteiger partial charge in [-0.1, -0.05) is 32.0 Å². The van der Waals surface area contributed by atoms with E-state index in [0.717, 1.165) is 13.1 Å². The average molecular weight is 246 g/mol. The molecule has 1 saturated heterocycles. The summed E-state index contributed by atoms with van der Waals surface area (Å²) in [7, 11) is 0. The van der Waals surface area contributed by atoms with Gasteiger partial charge in [0, 0.05) is 18.8 Å². The van der Waals surface area contributed by atoms with Crippen molar-refractivity contribution in [1.29, 1.82) is 0 Å². The molecule has 1 aliphatic rings. The van der Waals surface area contributed by atoms with Crippen LogP contribution in [-0.4, -0.2) is 26.2 Å². The van der Waals surface area contributed by atoms with E-state index in [4.69, 9.17) is 0 Å². The van der Waals surface area contributed by atoms with Gasteiger partial charge in [-0.05, 0) is 49.9 Å². The number of hydrogen-bond acceptors (Lipinski definition) is 2. The van der Waals surface area contributed by atoms with Crippen molar-refractivity contribution in [1.82, 2.24) is 5.32 Å². The van der Waals surface area contributed by atoms with Crippen LogP contribution in [0.3, 0.4) is 0 Å². The maximum Gasteiger partial charge on any atom is 0.0431 e. The Kier molecular flexibility index (Phi) is 4.65. The number of aryl methyl sites for hydroxylation is 1. The van der Waals surface area contributed by atoms with E-state index in [0.29, 0.717) is 5.92 Å². The van der Waals surface area contributed by atoms with Gasteiger partial charge in [0.2, 0.25) is 0 Å². The van der Waals surface area contributed by atoms with Crippen LogP contribution < -0.4 is 10.2 Å². The quantitative estimate of drug-likeness (QED) is 0.861. The Hall–Kier alpha value is -1.02. The normalized spacial score (nSPS) is 17.7. The maximum absolute atomic E-state index is 3.48. The summed E-state index contributed by atoms with van der Waals surface area (Å²) in [6.45, 7) is 11.5. The molecule has 1 N–H and O–H groups in total. The van der Waals surface area contributed by atoms with Crippen molar-refractivity contribution >= 4 is 5.69 Å². The van der Waals surface area contributed by atoms with Gasteiger partial charge < -0.3 is 10.2 Å². The van der Waals surface area contributed by atoms with E-state index < -0.39 is 0 Å². The summed E-state index contributed by atoms with van der Waals surface area (Å²) in [5.74, 6) is 0.600. The Morgan fingerprint density at radius 2 is 1.78 bits per heavy atom. The lowest BCUT2D eigenvalue weighted by Gasteiger charge is -2.31. The van der Waals surface area contributed by atoms with Gasteiger partial charge in [-0.2, -0.15) is 0 Å². The van der Waals surface area contributed by atoms with E-state index >= 15 is 0 Å². The highest BCUT2D eigenvalue weighted by Crippen LogP contribution is 2.31. The molecule has 0 aromatic heterocycles. The fraction of sp³-hybridized carbons (Fsp3) is 0.625. The van der Waals surface area contributed by atoms with E-state index in [2.05, 4.69) is 49.2 Å². The van der Waals surface area contributed by atoms with Crippen molar-refractivity contribution in [3.05, 3.63) is 29.3 Å². The highest BCUT2D eigenvalue weighted by Gasteiger charge is 2.16. The van der Waals surface area contributed by atoms with Crippen molar-refractivity contribution < 1.29 is 0 Å². The van der Waals surface area contributed by atoms with Crippen LogP contribution in [0.2, 0.25) is 0 Å². The number of para-hydroxylation sites is 1.